The molecule has 1 fully saturated rings. The third kappa shape index (κ3) is 4.61. The first-order chi connectivity index (χ1) is 10.2. The number of hydrogen-bond acceptors (Lipinski definition) is 1. The van der Waals surface area contributed by atoms with Crippen LogP contribution in [-0.2, 0) is 6.42 Å². The highest BCUT2D eigenvalue weighted by Crippen LogP contribution is 2.36. The van der Waals surface area contributed by atoms with Crippen molar-refractivity contribution >= 4 is 23.2 Å². The lowest BCUT2D eigenvalue weighted by atomic mass is 9.72. The molecule has 1 aliphatic rings. The van der Waals surface area contributed by atoms with Crippen molar-refractivity contribution in [3.8, 4) is 0 Å². The Hall–Kier alpha value is -0.240. The van der Waals surface area contributed by atoms with E-state index in [2.05, 4.69) is 25.2 Å². The fraction of sp³-hybridized carbons (Fsp3) is 0.667. The van der Waals surface area contributed by atoms with E-state index in [1.807, 2.05) is 12.1 Å². The first-order valence-corrected chi connectivity index (χ1v) is 9.08. The van der Waals surface area contributed by atoms with Crippen molar-refractivity contribution in [3.05, 3.63) is 33.8 Å². The van der Waals surface area contributed by atoms with Crippen molar-refractivity contribution in [2.45, 2.75) is 58.4 Å². The molecule has 1 nitrogen and oxygen atoms in total. The minimum absolute atomic E-state index is 0.527. The van der Waals surface area contributed by atoms with E-state index in [0.717, 1.165) is 29.8 Å². The summed E-state index contributed by atoms with van der Waals surface area (Å²) < 4.78 is 0. The van der Waals surface area contributed by atoms with Gasteiger partial charge in [0, 0.05) is 16.1 Å². The average Bonchev–Trinajstić information content (AvgIpc) is 2.49. The zero-order valence-electron chi connectivity index (χ0n) is 13.2. The second-order valence-electron chi connectivity index (χ2n) is 6.22. The molecule has 118 valence electrons. The van der Waals surface area contributed by atoms with Gasteiger partial charge in [-0.3, -0.25) is 0 Å². The van der Waals surface area contributed by atoms with Gasteiger partial charge in [0.1, 0.15) is 0 Å². The predicted octanol–water partition coefficient (Wildman–Crippen LogP) is 5.73. The van der Waals surface area contributed by atoms with E-state index in [9.17, 15) is 0 Å². The number of benzene rings is 1. The molecular formula is C18H27Cl2N. The maximum Gasteiger partial charge on any atom is 0.0453 e. The van der Waals surface area contributed by atoms with E-state index < -0.39 is 0 Å². The maximum absolute atomic E-state index is 6.37. The number of likely N-dealkylation sites (N-methyl/N-ethyl adjacent to an activating group) is 1. The second kappa shape index (κ2) is 8.41. The standard InChI is InChI=1S/C18H27Cl2N/c1-3-13-7-5-6-8-16(13)18(21-4-2)11-14-9-10-15(19)12-17(14)20/h9-10,12-13,16,18,21H,3-8,11H2,1-2H3. The molecule has 0 amide bonds. The Kier molecular flexibility index (Phi) is 6.85. The molecule has 0 radical (unpaired) electrons. The Morgan fingerprint density at radius 3 is 2.62 bits per heavy atom. The number of halogens is 2. The Morgan fingerprint density at radius 2 is 1.95 bits per heavy atom. The highest BCUT2D eigenvalue weighted by atomic mass is 35.5. The molecule has 1 aromatic rings. The van der Waals surface area contributed by atoms with E-state index in [0.29, 0.717) is 11.1 Å². The zero-order valence-corrected chi connectivity index (χ0v) is 14.7. The second-order valence-corrected chi connectivity index (χ2v) is 7.06. The summed E-state index contributed by atoms with van der Waals surface area (Å²) >= 11 is 12.4. The van der Waals surface area contributed by atoms with Crippen LogP contribution in [0.25, 0.3) is 0 Å². The molecule has 3 unspecified atom stereocenters. The molecule has 1 aliphatic carbocycles. The SMILES string of the molecule is CCNC(Cc1ccc(Cl)cc1Cl)C1CCCCC1CC. The molecule has 3 atom stereocenters. The normalized spacial score (nSPS) is 24.0. The quantitative estimate of drug-likeness (QED) is 0.703. The smallest absolute Gasteiger partial charge is 0.0453 e. The van der Waals surface area contributed by atoms with Gasteiger partial charge in [0.25, 0.3) is 0 Å². The largest absolute Gasteiger partial charge is 0.314 e. The van der Waals surface area contributed by atoms with Gasteiger partial charge >= 0.3 is 0 Å². The molecule has 2 rings (SSSR count). The van der Waals surface area contributed by atoms with Crippen molar-refractivity contribution < 1.29 is 0 Å². The molecule has 3 heteroatoms. The van der Waals surface area contributed by atoms with Gasteiger partial charge < -0.3 is 5.32 Å². The van der Waals surface area contributed by atoms with E-state index in [-0.39, 0.29) is 0 Å². The summed E-state index contributed by atoms with van der Waals surface area (Å²) in [6, 6.07) is 6.42. The van der Waals surface area contributed by atoms with Gasteiger partial charge in [-0.15, -0.1) is 0 Å². The fourth-order valence-corrected chi connectivity index (χ4v) is 4.32. The van der Waals surface area contributed by atoms with Crippen molar-refractivity contribution in [2.75, 3.05) is 6.54 Å². The van der Waals surface area contributed by atoms with Gasteiger partial charge in [0.15, 0.2) is 0 Å². The minimum atomic E-state index is 0.527. The molecule has 1 N–H and O–H groups in total. The summed E-state index contributed by atoms with van der Waals surface area (Å²) in [7, 11) is 0. The van der Waals surface area contributed by atoms with Gasteiger partial charge in [-0.25, -0.2) is 0 Å². The summed E-state index contributed by atoms with van der Waals surface area (Å²) in [5.41, 5.74) is 1.22. The third-order valence-corrected chi connectivity index (χ3v) is 5.52. The van der Waals surface area contributed by atoms with Crippen molar-refractivity contribution in [2.24, 2.45) is 11.8 Å². The minimum Gasteiger partial charge on any atom is -0.314 e. The molecule has 0 spiro atoms. The van der Waals surface area contributed by atoms with Crippen LogP contribution in [0.4, 0.5) is 0 Å². The molecule has 21 heavy (non-hydrogen) atoms. The van der Waals surface area contributed by atoms with Gasteiger partial charge in [0.05, 0.1) is 0 Å². The van der Waals surface area contributed by atoms with Crippen LogP contribution < -0.4 is 5.32 Å². The number of hydrogen-bond donors (Lipinski definition) is 1. The van der Waals surface area contributed by atoms with Gasteiger partial charge in [-0.05, 0) is 48.9 Å². The summed E-state index contributed by atoms with van der Waals surface area (Å²) in [5.74, 6) is 1.63. The van der Waals surface area contributed by atoms with Crippen molar-refractivity contribution in [1.82, 2.24) is 5.32 Å². The lowest BCUT2D eigenvalue weighted by Gasteiger charge is -2.37. The summed E-state index contributed by atoms with van der Waals surface area (Å²) in [6.45, 7) is 5.55. The third-order valence-electron chi connectivity index (χ3n) is 4.93. The zero-order chi connectivity index (χ0) is 15.2. The van der Waals surface area contributed by atoms with E-state index >= 15 is 0 Å². The van der Waals surface area contributed by atoms with Crippen LogP contribution in [0.15, 0.2) is 18.2 Å². The molecule has 0 aromatic heterocycles. The first kappa shape index (κ1) is 17.1. The van der Waals surface area contributed by atoms with Crippen molar-refractivity contribution in [3.63, 3.8) is 0 Å². The molecule has 0 bridgehead atoms. The van der Waals surface area contributed by atoms with Gasteiger partial charge in [0.2, 0.25) is 0 Å². The predicted molar refractivity (Wildman–Crippen MR) is 93.4 cm³/mol. The summed E-state index contributed by atoms with van der Waals surface area (Å²) in [6.07, 6.45) is 7.80. The summed E-state index contributed by atoms with van der Waals surface area (Å²) in [4.78, 5) is 0. The molecule has 1 saturated carbocycles. The van der Waals surface area contributed by atoms with Crippen molar-refractivity contribution in [1.29, 1.82) is 0 Å². The highest BCUT2D eigenvalue weighted by molar-refractivity contribution is 6.35. The number of rotatable bonds is 6. The van der Waals surface area contributed by atoms with Crippen LogP contribution in [0.3, 0.4) is 0 Å². The Labute approximate surface area is 139 Å². The summed E-state index contributed by atoms with van der Waals surface area (Å²) in [5, 5.41) is 5.23. The topological polar surface area (TPSA) is 12.0 Å². The van der Waals surface area contributed by atoms with Crippen LogP contribution in [0.1, 0.15) is 51.5 Å². The highest BCUT2D eigenvalue weighted by Gasteiger charge is 2.30. The van der Waals surface area contributed by atoms with Crippen LogP contribution in [-0.4, -0.2) is 12.6 Å². The maximum atomic E-state index is 6.37. The Balaban J connectivity index is 2.13. The van der Waals surface area contributed by atoms with E-state index in [1.54, 1.807) is 0 Å². The molecule has 0 heterocycles. The monoisotopic (exact) mass is 327 g/mol. The fourth-order valence-electron chi connectivity index (χ4n) is 3.83. The molecule has 0 saturated heterocycles. The molecule has 1 aromatic carbocycles. The van der Waals surface area contributed by atoms with E-state index in [1.165, 1.54) is 37.7 Å². The average molecular weight is 328 g/mol. The molecule has 0 aliphatic heterocycles. The van der Waals surface area contributed by atoms with E-state index in [4.69, 9.17) is 23.2 Å². The first-order valence-electron chi connectivity index (χ1n) is 8.33. The van der Waals surface area contributed by atoms with Gasteiger partial charge in [-0.1, -0.05) is 68.8 Å². The van der Waals surface area contributed by atoms with Crippen LogP contribution in [0.2, 0.25) is 10.0 Å². The van der Waals surface area contributed by atoms with Crippen LogP contribution >= 0.6 is 23.2 Å². The van der Waals surface area contributed by atoms with Crippen LogP contribution in [0.5, 0.6) is 0 Å². The lowest BCUT2D eigenvalue weighted by molar-refractivity contribution is 0.175. The number of nitrogens with one attached hydrogen (secondary N) is 1. The van der Waals surface area contributed by atoms with Crippen LogP contribution in [0, 0.1) is 11.8 Å². The Bertz CT molecular complexity index is 447. The Morgan fingerprint density at radius 1 is 1.19 bits per heavy atom. The van der Waals surface area contributed by atoms with Gasteiger partial charge in [-0.2, -0.15) is 0 Å². The lowest BCUT2D eigenvalue weighted by Crippen LogP contribution is -2.42. The molecular weight excluding hydrogens is 301 g/mol.